The minimum absolute atomic E-state index is 0.0818. The first-order valence-electron chi connectivity index (χ1n) is 11.5. The molecule has 7 heteroatoms. The van der Waals surface area contributed by atoms with Crippen molar-refractivity contribution >= 4 is 34.4 Å². The third-order valence-electron chi connectivity index (χ3n) is 5.47. The van der Waals surface area contributed by atoms with Crippen LogP contribution in [0.25, 0.3) is 10.9 Å². The highest BCUT2D eigenvalue weighted by atomic mass is 16.5. The van der Waals surface area contributed by atoms with Crippen LogP contribution in [-0.2, 0) is 16.0 Å². The molecule has 0 aliphatic heterocycles. The first kappa shape index (κ1) is 23.8. The number of H-pyrrole nitrogens is 1. The predicted molar refractivity (Wildman–Crippen MR) is 134 cm³/mol. The Kier molecular flexibility index (Phi) is 7.57. The molecule has 0 spiro atoms. The average molecular weight is 471 g/mol. The summed E-state index contributed by atoms with van der Waals surface area (Å²) in [6, 6.07) is 21.6. The molecular formula is C28H26N2O5. The van der Waals surface area contributed by atoms with Gasteiger partial charge in [-0.3, -0.25) is 4.79 Å². The molecule has 0 fully saturated rings. The summed E-state index contributed by atoms with van der Waals surface area (Å²) in [6.07, 6.45) is 3.55. The number of amides is 1. The van der Waals surface area contributed by atoms with Crippen molar-refractivity contribution < 1.29 is 23.9 Å². The fourth-order valence-electron chi connectivity index (χ4n) is 3.72. The zero-order valence-electron chi connectivity index (χ0n) is 19.4. The van der Waals surface area contributed by atoms with Gasteiger partial charge in [-0.25, -0.2) is 9.59 Å². The molecule has 0 aliphatic carbocycles. The van der Waals surface area contributed by atoms with E-state index < -0.39 is 11.9 Å². The minimum atomic E-state index is -0.550. The zero-order valence-corrected chi connectivity index (χ0v) is 19.4. The number of benzene rings is 3. The summed E-state index contributed by atoms with van der Waals surface area (Å²) in [5.74, 6) is -0.759. The van der Waals surface area contributed by atoms with Crippen LogP contribution in [-0.4, -0.2) is 29.4 Å². The highest BCUT2D eigenvalue weighted by molar-refractivity contribution is 6.06. The molecule has 0 saturated carbocycles. The van der Waals surface area contributed by atoms with E-state index in [0.717, 1.165) is 18.4 Å². The third kappa shape index (κ3) is 6.14. The number of aryl methyl sites for hydroxylation is 1. The van der Waals surface area contributed by atoms with Gasteiger partial charge in [0.25, 0.3) is 0 Å². The number of ether oxygens (including phenoxy) is 2. The van der Waals surface area contributed by atoms with Crippen LogP contribution in [0.3, 0.4) is 0 Å². The quantitative estimate of drug-likeness (QED) is 0.248. The Morgan fingerprint density at radius 3 is 2.43 bits per heavy atom. The van der Waals surface area contributed by atoms with Gasteiger partial charge in [0.05, 0.1) is 17.7 Å². The number of carbonyl (C=O) groups excluding carboxylic acids is 3. The van der Waals surface area contributed by atoms with Crippen LogP contribution in [0.4, 0.5) is 5.69 Å². The first-order valence-corrected chi connectivity index (χ1v) is 11.5. The van der Waals surface area contributed by atoms with Gasteiger partial charge in [0.1, 0.15) is 5.75 Å². The molecule has 3 aromatic carbocycles. The van der Waals surface area contributed by atoms with Gasteiger partial charge in [-0.05, 0) is 67.8 Å². The van der Waals surface area contributed by atoms with Crippen LogP contribution in [0.1, 0.15) is 46.0 Å². The summed E-state index contributed by atoms with van der Waals surface area (Å²) in [7, 11) is 0. The predicted octanol–water partition coefficient (Wildman–Crippen LogP) is 5.53. The second-order valence-electron chi connectivity index (χ2n) is 7.98. The molecule has 0 aliphatic rings. The van der Waals surface area contributed by atoms with E-state index in [1.807, 2.05) is 30.3 Å². The van der Waals surface area contributed by atoms with Gasteiger partial charge >= 0.3 is 11.9 Å². The Hall–Kier alpha value is -4.39. The SMILES string of the molecule is CCOC(=O)c1ccc(OC(=O)c2c[nH]c3ccc(NC(=O)CCCc4ccccc4)cc23)cc1. The lowest BCUT2D eigenvalue weighted by atomic mass is 10.1. The highest BCUT2D eigenvalue weighted by Crippen LogP contribution is 2.24. The van der Waals surface area contributed by atoms with Crippen molar-refractivity contribution in [2.75, 3.05) is 11.9 Å². The Balaban J connectivity index is 1.38. The first-order chi connectivity index (χ1) is 17.0. The van der Waals surface area contributed by atoms with Gasteiger partial charge in [0.2, 0.25) is 5.91 Å². The molecule has 1 aromatic heterocycles. The topological polar surface area (TPSA) is 97.5 Å². The number of aromatic nitrogens is 1. The number of aromatic amines is 1. The van der Waals surface area contributed by atoms with E-state index in [-0.39, 0.29) is 12.5 Å². The van der Waals surface area contributed by atoms with E-state index >= 15 is 0 Å². The molecule has 178 valence electrons. The number of fused-ring (bicyclic) bond motifs is 1. The zero-order chi connectivity index (χ0) is 24.6. The lowest BCUT2D eigenvalue weighted by Crippen LogP contribution is -2.12. The van der Waals surface area contributed by atoms with Gasteiger partial charge in [-0.2, -0.15) is 0 Å². The number of rotatable bonds is 9. The second kappa shape index (κ2) is 11.2. The van der Waals surface area contributed by atoms with Crippen molar-refractivity contribution in [3.05, 3.63) is 95.7 Å². The van der Waals surface area contributed by atoms with Crippen LogP contribution in [0, 0.1) is 0 Å². The number of hydrogen-bond acceptors (Lipinski definition) is 5. The van der Waals surface area contributed by atoms with Gasteiger partial charge in [0.15, 0.2) is 0 Å². The van der Waals surface area contributed by atoms with Crippen molar-refractivity contribution in [2.45, 2.75) is 26.2 Å². The summed E-state index contributed by atoms with van der Waals surface area (Å²) in [6.45, 7) is 2.02. The Labute approximate surface area is 203 Å². The van der Waals surface area contributed by atoms with Crippen LogP contribution >= 0.6 is 0 Å². The summed E-state index contributed by atoms with van der Waals surface area (Å²) in [5, 5.41) is 3.54. The van der Waals surface area contributed by atoms with Crippen molar-refractivity contribution in [2.24, 2.45) is 0 Å². The molecule has 0 atom stereocenters. The van der Waals surface area contributed by atoms with E-state index in [1.165, 1.54) is 5.56 Å². The average Bonchev–Trinajstić information content (AvgIpc) is 3.29. The molecule has 1 heterocycles. The van der Waals surface area contributed by atoms with Crippen molar-refractivity contribution in [1.82, 2.24) is 4.98 Å². The smallest absolute Gasteiger partial charge is 0.345 e. The van der Waals surface area contributed by atoms with E-state index in [9.17, 15) is 14.4 Å². The van der Waals surface area contributed by atoms with Crippen molar-refractivity contribution in [3.63, 3.8) is 0 Å². The monoisotopic (exact) mass is 470 g/mol. The maximum absolute atomic E-state index is 12.8. The number of esters is 2. The minimum Gasteiger partial charge on any atom is -0.462 e. The molecule has 35 heavy (non-hydrogen) atoms. The van der Waals surface area contributed by atoms with Gasteiger partial charge in [-0.15, -0.1) is 0 Å². The standard InChI is InChI=1S/C28H26N2O5/c1-2-34-27(32)20-11-14-22(15-12-20)35-28(33)24-18-29-25-16-13-21(17-23(24)25)30-26(31)10-6-9-19-7-4-3-5-8-19/h3-5,7-8,11-18,29H,2,6,9-10H2,1H3,(H,30,31). The van der Waals surface area contributed by atoms with E-state index in [0.29, 0.717) is 34.4 Å². The fraction of sp³-hybridized carbons (Fsp3) is 0.179. The van der Waals surface area contributed by atoms with Crippen molar-refractivity contribution in [3.8, 4) is 5.75 Å². The van der Waals surface area contributed by atoms with Crippen LogP contribution in [0.5, 0.6) is 5.75 Å². The van der Waals surface area contributed by atoms with Gasteiger partial charge < -0.3 is 19.8 Å². The summed E-state index contributed by atoms with van der Waals surface area (Å²) in [4.78, 5) is 40.0. The summed E-state index contributed by atoms with van der Waals surface area (Å²) in [5.41, 5.74) is 3.27. The Bertz CT molecular complexity index is 1330. The highest BCUT2D eigenvalue weighted by Gasteiger charge is 2.16. The molecule has 7 nitrogen and oxygen atoms in total. The number of hydrogen-bond donors (Lipinski definition) is 2. The Morgan fingerprint density at radius 2 is 1.69 bits per heavy atom. The van der Waals surface area contributed by atoms with E-state index in [2.05, 4.69) is 10.3 Å². The van der Waals surface area contributed by atoms with E-state index in [4.69, 9.17) is 9.47 Å². The summed E-state index contributed by atoms with van der Waals surface area (Å²) >= 11 is 0. The lowest BCUT2D eigenvalue weighted by Gasteiger charge is -2.07. The number of nitrogens with one attached hydrogen (secondary N) is 2. The van der Waals surface area contributed by atoms with Gasteiger partial charge in [0, 0.05) is 29.2 Å². The van der Waals surface area contributed by atoms with E-state index in [1.54, 1.807) is 55.6 Å². The van der Waals surface area contributed by atoms with Crippen molar-refractivity contribution in [1.29, 1.82) is 0 Å². The number of carbonyl (C=O) groups is 3. The number of anilines is 1. The molecule has 0 bridgehead atoms. The maximum Gasteiger partial charge on any atom is 0.345 e. The maximum atomic E-state index is 12.8. The molecular weight excluding hydrogens is 444 g/mol. The molecule has 0 radical (unpaired) electrons. The van der Waals surface area contributed by atoms with Crippen LogP contribution in [0.15, 0.2) is 79.0 Å². The largest absolute Gasteiger partial charge is 0.462 e. The van der Waals surface area contributed by atoms with Crippen LogP contribution < -0.4 is 10.1 Å². The summed E-state index contributed by atoms with van der Waals surface area (Å²) < 4.78 is 10.4. The molecule has 0 unspecified atom stereocenters. The fourth-order valence-corrected chi connectivity index (χ4v) is 3.72. The second-order valence-corrected chi connectivity index (χ2v) is 7.98. The van der Waals surface area contributed by atoms with Gasteiger partial charge in [-0.1, -0.05) is 30.3 Å². The molecule has 4 rings (SSSR count). The Morgan fingerprint density at radius 1 is 0.914 bits per heavy atom. The van der Waals surface area contributed by atoms with Crippen LogP contribution in [0.2, 0.25) is 0 Å². The molecule has 0 saturated heterocycles. The normalized spacial score (nSPS) is 10.7. The molecule has 4 aromatic rings. The lowest BCUT2D eigenvalue weighted by molar-refractivity contribution is -0.116. The third-order valence-corrected chi connectivity index (χ3v) is 5.47. The molecule has 1 amide bonds. The molecule has 2 N–H and O–H groups in total.